The van der Waals surface area contributed by atoms with E-state index in [1.165, 1.54) is 11.1 Å². The summed E-state index contributed by atoms with van der Waals surface area (Å²) in [6, 6.07) is 6.51. The van der Waals surface area contributed by atoms with Crippen molar-refractivity contribution in [1.29, 1.82) is 0 Å². The molecule has 1 aromatic rings. The van der Waals surface area contributed by atoms with Crippen molar-refractivity contribution in [2.24, 2.45) is 5.73 Å². The largest absolute Gasteiger partial charge is 0.493 e. The fourth-order valence-electron chi connectivity index (χ4n) is 2.04. The minimum atomic E-state index is -1.82. The number of carboxylic acid groups (broad SMARTS) is 2. The van der Waals surface area contributed by atoms with Crippen LogP contribution < -0.4 is 15.8 Å². The highest BCUT2D eigenvalue weighted by Gasteiger charge is 2.14. The van der Waals surface area contributed by atoms with E-state index in [9.17, 15) is 0 Å². The Morgan fingerprint density at radius 1 is 1.12 bits per heavy atom. The van der Waals surface area contributed by atoms with Gasteiger partial charge in [0.15, 0.2) is 0 Å². The van der Waals surface area contributed by atoms with Gasteiger partial charge in [-0.05, 0) is 48.9 Å². The summed E-state index contributed by atoms with van der Waals surface area (Å²) in [5, 5.41) is 18.1. The molecule has 5 N–H and O–H groups in total. The average molecular weight is 368 g/mol. The zero-order chi connectivity index (χ0) is 20.2. The van der Waals surface area contributed by atoms with Gasteiger partial charge < -0.3 is 26.0 Å². The number of carbonyl (C=O) groups is 2. The molecule has 7 heteroatoms. The van der Waals surface area contributed by atoms with Crippen molar-refractivity contribution < 1.29 is 24.5 Å². The van der Waals surface area contributed by atoms with Crippen molar-refractivity contribution in [3.05, 3.63) is 29.3 Å². The Labute approximate surface area is 155 Å². The van der Waals surface area contributed by atoms with Crippen molar-refractivity contribution in [3.8, 4) is 5.75 Å². The summed E-state index contributed by atoms with van der Waals surface area (Å²) in [5.41, 5.74) is 8.19. The number of nitrogens with one attached hydrogen (secondary N) is 1. The summed E-state index contributed by atoms with van der Waals surface area (Å²) < 4.78 is 5.86. The van der Waals surface area contributed by atoms with Gasteiger partial charge in [0.2, 0.25) is 0 Å². The number of carboxylic acids is 2. The highest BCUT2D eigenvalue weighted by Crippen LogP contribution is 2.27. The predicted molar refractivity (Wildman–Crippen MR) is 102 cm³/mol. The molecule has 0 saturated heterocycles. The maximum atomic E-state index is 9.10. The van der Waals surface area contributed by atoms with E-state index in [1.807, 2.05) is 0 Å². The Hall–Kier alpha value is -2.12. The second kappa shape index (κ2) is 12.3. The second-order valence-electron chi connectivity index (χ2n) is 6.93. The van der Waals surface area contributed by atoms with Gasteiger partial charge in [-0.15, -0.1) is 0 Å². The van der Waals surface area contributed by atoms with Gasteiger partial charge in [0.1, 0.15) is 5.75 Å². The van der Waals surface area contributed by atoms with Gasteiger partial charge in [-0.1, -0.05) is 32.9 Å². The van der Waals surface area contributed by atoms with E-state index in [0.717, 1.165) is 38.3 Å². The summed E-state index contributed by atoms with van der Waals surface area (Å²) >= 11 is 0. The molecular formula is C19H32N2O5. The lowest BCUT2D eigenvalue weighted by Gasteiger charge is -2.20. The molecule has 1 aromatic carbocycles. The van der Waals surface area contributed by atoms with Crippen LogP contribution in [0.4, 0.5) is 0 Å². The molecule has 0 aliphatic carbocycles. The van der Waals surface area contributed by atoms with E-state index < -0.39 is 11.9 Å². The zero-order valence-corrected chi connectivity index (χ0v) is 16.2. The van der Waals surface area contributed by atoms with Crippen LogP contribution in [-0.2, 0) is 15.0 Å². The Bertz CT molecular complexity index is 556. The quantitative estimate of drug-likeness (QED) is 0.410. The highest BCUT2D eigenvalue weighted by molar-refractivity contribution is 6.27. The van der Waals surface area contributed by atoms with Crippen LogP contribution in [0.5, 0.6) is 5.75 Å². The van der Waals surface area contributed by atoms with Gasteiger partial charge in [-0.3, -0.25) is 0 Å². The third kappa shape index (κ3) is 10.7. The molecule has 0 bridgehead atoms. The Balaban J connectivity index is 0.000000896. The molecule has 0 unspecified atom stereocenters. The Kier molecular flexibility index (Phi) is 11.3. The molecule has 0 saturated carbocycles. The summed E-state index contributed by atoms with van der Waals surface area (Å²) in [6.45, 7) is 12.2. The standard InChI is InChI=1S/C17H30N2O.C2H2O4/c1-14-13-15(17(2,3)4)7-8-16(14)20-12-6-5-10-19-11-9-18;3-1(4)2(5)6/h7-8,13,19H,5-6,9-12,18H2,1-4H3;(H,3,4)(H,5,6). The highest BCUT2D eigenvalue weighted by atomic mass is 16.5. The number of hydrogen-bond acceptors (Lipinski definition) is 5. The lowest BCUT2D eigenvalue weighted by atomic mass is 9.86. The molecule has 0 aliphatic rings. The van der Waals surface area contributed by atoms with E-state index in [0.29, 0.717) is 6.54 Å². The minimum Gasteiger partial charge on any atom is -0.493 e. The van der Waals surface area contributed by atoms with Crippen LogP contribution in [0.1, 0.15) is 44.7 Å². The number of aryl methyl sites for hydroxylation is 1. The molecule has 7 nitrogen and oxygen atoms in total. The number of unbranched alkanes of at least 4 members (excludes halogenated alkanes) is 1. The molecule has 0 fully saturated rings. The van der Waals surface area contributed by atoms with Crippen molar-refractivity contribution in [3.63, 3.8) is 0 Å². The number of hydrogen-bond donors (Lipinski definition) is 4. The molecular weight excluding hydrogens is 336 g/mol. The predicted octanol–water partition coefficient (Wildman–Crippen LogP) is 2.16. The first-order chi connectivity index (χ1) is 12.1. The molecule has 0 radical (unpaired) electrons. The molecule has 0 atom stereocenters. The molecule has 0 heterocycles. The summed E-state index contributed by atoms with van der Waals surface area (Å²) in [7, 11) is 0. The van der Waals surface area contributed by atoms with Gasteiger partial charge in [-0.25, -0.2) is 9.59 Å². The van der Waals surface area contributed by atoms with E-state index in [1.54, 1.807) is 0 Å². The lowest BCUT2D eigenvalue weighted by molar-refractivity contribution is -0.159. The van der Waals surface area contributed by atoms with Gasteiger partial charge in [0, 0.05) is 13.1 Å². The van der Waals surface area contributed by atoms with Crippen LogP contribution in [0.3, 0.4) is 0 Å². The van der Waals surface area contributed by atoms with Gasteiger partial charge in [0.05, 0.1) is 6.61 Å². The third-order valence-corrected chi connectivity index (χ3v) is 3.55. The number of benzene rings is 1. The second-order valence-corrected chi connectivity index (χ2v) is 6.93. The van der Waals surface area contributed by atoms with Crippen LogP contribution in [0.2, 0.25) is 0 Å². The summed E-state index contributed by atoms with van der Waals surface area (Å²) in [5.74, 6) is -2.64. The molecule has 26 heavy (non-hydrogen) atoms. The van der Waals surface area contributed by atoms with Crippen molar-refractivity contribution in [1.82, 2.24) is 5.32 Å². The number of ether oxygens (including phenoxy) is 1. The Morgan fingerprint density at radius 2 is 1.73 bits per heavy atom. The minimum absolute atomic E-state index is 0.192. The zero-order valence-electron chi connectivity index (χ0n) is 16.2. The van der Waals surface area contributed by atoms with Crippen LogP contribution >= 0.6 is 0 Å². The topological polar surface area (TPSA) is 122 Å². The molecule has 0 spiro atoms. The van der Waals surface area contributed by atoms with Gasteiger partial charge >= 0.3 is 11.9 Å². The first-order valence-electron chi connectivity index (χ1n) is 8.70. The van der Waals surface area contributed by atoms with Crippen molar-refractivity contribution in [2.75, 3.05) is 26.2 Å². The number of aliphatic carboxylic acids is 2. The van der Waals surface area contributed by atoms with Crippen LogP contribution in [-0.4, -0.2) is 48.4 Å². The molecule has 1 rings (SSSR count). The Morgan fingerprint density at radius 3 is 2.19 bits per heavy atom. The molecule has 0 aliphatic heterocycles. The first kappa shape index (κ1) is 23.9. The van der Waals surface area contributed by atoms with Gasteiger partial charge in [-0.2, -0.15) is 0 Å². The normalized spacial score (nSPS) is 10.7. The third-order valence-electron chi connectivity index (χ3n) is 3.55. The van der Waals surface area contributed by atoms with Crippen molar-refractivity contribution >= 4 is 11.9 Å². The molecule has 148 valence electrons. The van der Waals surface area contributed by atoms with E-state index in [-0.39, 0.29) is 5.41 Å². The number of nitrogens with two attached hydrogens (primary N) is 1. The lowest BCUT2D eigenvalue weighted by Crippen LogP contribution is -2.23. The van der Waals surface area contributed by atoms with Crippen molar-refractivity contribution in [2.45, 2.75) is 46.0 Å². The van der Waals surface area contributed by atoms with E-state index in [2.05, 4.69) is 51.2 Å². The average Bonchev–Trinajstić information content (AvgIpc) is 2.54. The van der Waals surface area contributed by atoms with Gasteiger partial charge in [0.25, 0.3) is 0 Å². The van der Waals surface area contributed by atoms with E-state index in [4.69, 9.17) is 30.3 Å². The first-order valence-corrected chi connectivity index (χ1v) is 8.70. The maximum Gasteiger partial charge on any atom is 0.414 e. The molecule has 0 amide bonds. The monoisotopic (exact) mass is 368 g/mol. The van der Waals surface area contributed by atoms with Crippen LogP contribution in [0.25, 0.3) is 0 Å². The number of rotatable bonds is 8. The SMILES string of the molecule is Cc1cc(C(C)(C)C)ccc1OCCCCNCCN.O=C(O)C(=O)O. The fraction of sp³-hybridized carbons (Fsp3) is 0.579. The maximum absolute atomic E-state index is 9.10. The smallest absolute Gasteiger partial charge is 0.414 e. The summed E-state index contributed by atoms with van der Waals surface area (Å²) in [6.07, 6.45) is 2.19. The fourth-order valence-corrected chi connectivity index (χ4v) is 2.04. The van der Waals surface area contributed by atoms with E-state index >= 15 is 0 Å². The van der Waals surface area contributed by atoms with Crippen LogP contribution in [0.15, 0.2) is 18.2 Å². The molecule has 0 aromatic heterocycles. The van der Waals surface area contributed by atoms with Crippen LogP contribution in [0, 0.1) is 6.92 Å². The summed E-state index contributed by atoms with van der Waals surface area (Å²) in [4.78, 5) is 18.2.